The Labute approximate surface area is 163 Å². The minimum Gasteiger partial charge on any atom is -0.352 e. The number of benzene rings is 2. The smallest absolute Gasteiger partial charge is 0.251 e. The summed E-state index contributed by atoms with van der Waals surface area (Å²) in [6, 6.07) is 13.6. The van der Waals surface area contributed by atoms with Gasteiger partial charge in [-0.3, -0.25) is 14.4 Å². The summed E-state index contributed by atoms with van der Waals surface area (Å²) in [5.41, 5.74) is 2.01. The van der Waals surface area contributed by atoms with Crippen LogP contribution in [0.4, 0.5) is 5.69 Å². The molecule has 2 rings (SSSR count). The largest absolute Gasteiger partial charge is 0.352 e. The minimum atomic E-state index is -0.255. The van der Waals surface area contributed by atoms with Crippen LogP contribution < -0.4 is 10.6 Å². The summed E-state index contributed by atoms with van der Waals surface area (Å²) < 4.78 is 0. The van der Waals surface area contributed by atoms with Gasteiger partial charge >= 0.3 is 0 Å². The highest BCUT2D eigenvalue weighted by Gasteiger charge is 2.08. The highest BCUT2D eigenvalue weighted by atomic mass is 35.5. The number of nitrogens with one attached hydrogen (secondary N) is 2. The highest BCUT2D eigenvalue weighted by Crippen LogP contribution is 2.11. The molecule has 2 aromatic carbocycles. The van der Waals surface area contributed by atoms with E-state index in [9.17, 15) is 14.4 Å². The fourth-order valence-corrected chi connectivity index (χ4v) is 2.38. The number of halogens is 1. The molecule has 0 spiro atoms. The third kappa shape index (κ3) is 6.75. The van der Waals surface area contributed by atoms with Crippen molar-refractivity contribution in [3.8, 4) is 0 Å². The first-order valence-electron chi connectivity index (χ1n) is 8.48. The quantitative estimate of drug-likeness (QED) is 0.766. The van der Waals surface area contributed by atoms with Crippen LogP contribution in [0.2, 0.25) is 5.02 Å². The monoisotopic (exact) mass is 387 g/mol. The van der Waals surface area contributed by atoms with E-state index in [1.165, 1.54) is 4.90 Å². The van der Waals surface area contributed by atoms with Gasteiger partial charge < -0.3 is 15.5 Å². The van der Waals surface area contributed by atoms with Crippen molar-refractivity contribution in [2.45, 2.75) is 12.8 Å². The topological polar surface area (TPSA) is 78.5 Å². The van der Waals surface area contributed by atoms with Crippen molar-refractivity contribution < 1.29 is 14.4 Å². The van der Waals surface area contributed by atoms with Crippen LogP contribution in [0.3, 0.4) is 0 Å². The Kier molecular flexibility index (Phi) is 7.37. The Bertz CT molecular complexity index is 802. The van der Waals surface area contributed by atoms with E-state index in [-0.39, 0.29) is 30.7 Å². The van der Waals surface area contributed by atoms with E-state index in [4.69, 9.17) is 11.6 Å². The van der Waals surface area contributed by atoms with Gasteiger partial charge in [-0.2, -0.15) is 0 Å². The van der Waals surface area contributed by atoms with Crippen LogP contribution in [0.25, 0.3) is 0 Å². The normalized spacial score (nSPS) is 10.2. The van der Waals surface area contributed by atoms with Gasteiger partial charge in [0.1, 0.15) is 0 Å². The molecule has 0 heterocycles. The molecule has 0 atom stereocenters. The van der Waals surface area contributed by atoms with Gasteiger partial charge in [0.15, 0.2) is 0 Å². The number of anilines is 1. The van der Waals surface area contributed by atoms with E-state index in [1.54, 1.807) is 62.6 Å². The third-order valence-electron chi connectivity index (χ3n) is 3.84. The molecule has 0 saturated heterocycles. The number of hydrogen-bond acceptors (Lipinski definition) is 3. The lowest BCUT2D eigenvalue weighted by Crippen LogP contribution is -2.27. The van der Waals surface area contributed by atoms with Crippen molar-refractivity contribution in [3.63, 3.8) is 0 Å². The zero-order valence-corrected chi connectivity index (χ0v) is 16.0. The molecule has 0 aliphatic rings. The number of rotatable bonds is 7. The van der Waals surface area contributed by atoms with E-state index in [0.29, 0.717) is 22.7 Å². The van der Waals surface area contributed by atoms with Gasteiger partial charge in [0.25, 0.3) is 5.91 Å². The third-order valence-corrected chi connectivity index (χ3v) is 4.09. The molecule has 2 N–H and O–H groups in total. The molecule has 142 valence electrons. The standard InChI is InChI=1S/C20H22ClN3O3/c1-24(2)19(26)13-14-3-9-17(10-4-14)23-18(25)11-12-22-20(27)15-5-7-16(21)8-6-15/h3-10H,11-13H2,1-2H3,(H,22,27)(H,23,25). The molecule has 6 nitrogen and oxygen atoms in total. The van der Waals surface area contributed by atoms with Crippen molar-refractivity contribution >= 4 is 35.0 Å². The fourth-order valence-electron chi connectivity index (χ4n) is 2.26. The summed E-state index contributed by atoms with van der Waals surface area (Å²) >= 11 is 5.78. The Hall–Kier alpha value is -2.86. The summed E-state index contributed by atoms with van der Waals surface area (Å²) in [7, 11) is 3.42. The molecule has 0 saturated carbocycles. The van der Waals surface area contributed by atoms with Gasteiger partial charge in [0.2, 0.25) is 11.8 Å². The molecule has 0 unspecified atom stereocenters. The average molecular weight is 388 g/mol. The van der Waals surface area contributed by atoms with E-state index in [2.05, 4.69) is 10.6 Å². The number of carbonyl (C=O) groups excluding carboxylic acids is 3. The second-order valence-electron chi connectivity index (χ2n) is 6.22. The van der Waals surface area contributed by atoms with Crippen LogP contribution in [-0.4, -0.2) is 43.3 Å². The van der Waals surface area contributed by atoms with Crippen LogP contribution in [0.5, 0.6) is 0 Å². The molecular formula is C20H22ClN3O3. The summed E-state index contributed by atoms with van der Waals surface area (Å²) in [6.07, 6.45) is 0.470. The second kappa shape index (κ2) is 9.73. The minimum absolute atomic E-state index is 0.0169. The van der Waals surface area contributed by atoms with Gasteiger partial charge in [-0.15, -0.1) is 0 Å². The van der Waals surface area contributed by atoms with E-state index >= 15 is 0 Å². The lowest BCUT2D eigenvalue weighted by molar-refractivity contribution is -0.128. The number of carbonyl (C=O) groups is 3. The molecule has 0 aromatic heterocycles. The Morgan fingerprint density at radius 2 is 1.59 bits per heavy atom. The maximum absolute atomic E-state index is 12.0. The van der Waals surface area contributed by atoms with Gasteiger partial charge in [-0.1, -0.05) is 23.7 Å². The van der Waals surface area contributed by atoms with Crippen molar-refractivity contribution in [2.75, 3.05) is 26.0 Å². The van der Waals surface area contributed by atoms with Crippen LogP contribution in [-0.2, 0) is 16.0 Å². The maximum atomic E-state index is 12.0. The van der Waals surface area contributed by atoms with Crippen molar-refractivity contribution in [1.29, 1.82) is 0 Å². The molecule has 0 fully saturated rings. The second-order valence-corrected chi connectivity index (χ2v) is 6.66. The Balaban J connectivity index is 1.76. The fraction of sp³-hybridized carbons (Fsp3) is 0.250. The first-order valence-corrected chi connectivity index (χ1v) is 8.85. The van der Waals surface area contributed by atoms with Crippen molar-refractivity contribution in [1.82, 2.24) is 10.2 Å². The number of hydrogen-bond donors (Lipinski definition) is 2. The predicted molar refractivity (Wildman–Crippen MR) is 106 cm³/mol. The number of amides is 3. The summed E-state index contributed by atoms with van der Waals surface area (Å²) in [5, 5.41) is 6.01. The molecule has 7 heteroatoms. The van der Waals surface area contributed by atoms with E-state index in [0.717, 1.165) is 5.56 Å². The van der Waals surface area contributed by atoms with Crippen LogP contribution in [0.1, 0.15) is 22.3 Å². The van der Waals surface area contributed by atoms with Crippen LogP contribution in [0, 0.1) is 0 Å². The highest BCUT2D eigenvalue weighted by molar-refractivity contribution is 6.30. The number of likely N-dealkylation sites (N-methyl/N-ethyl adjacent to an activating group) is 1. The zero-order valence-electron chi connectivity index (χ0n) is 15.3. The van der Waals surface area contributed by atoms with Gasteiger partial charge in [0, 0.05) is 43.3 Å². The maximum Gasteiger partial charge on any atom is 0.251 e. The SMILES string of the molecule is CN(C)C(=O)Cc1ccc(NC(=O)CCNC(=O)c2ccc(Cl)cc2)cc1. The van der Waals surface area contributed by atoms with Gasteiger partial charge in [-0.25, -0.2) is 0 Å². The Morgan fingerprint density at radius 3 is 2.19 bits per heavy atom. The van der Waals surface area contributed by atoms with Gasteiger partial charge in [-0.05, 0) is 42.0 Å². The Morgan fingerprint density at radius 1 is 0.963 bits per heavy atom. The first-order chi connectivity index (χ1) is 12.8. The van der Waals surface area contributed by atoms with Crippen molar-refractivity contribution in [3.05, 3.63) is 64.7 Å². The summed E-state index contributed by atoms with van der Waals surface area (Å²) in [4.78, 5) is 37.2. The molecule has 27 heavy (non-hydrogen) atoms. The van der Waals surface area contributed by atoms with Gasteiger partial charge in [0.05, 0.1) is 6.42 Å². The predicted octanol–water partition coefficient (Wildman–Crippen LogP) is 2.73. The van der Waals surface area contributed by atoms with Crippen molar-refractivity contribution in [2.24, 2.45) is 0 Å². The molecule has 0 radical (unpaired) electrons. The lowest BCUT2D eigenvalue weighted by atomic mass is 10.1. The summed E-state index contributed by atoms with van der Waals surface area (Å²) in [5.74, 6) is -0.443. The molecule has 0 bridgehead atoms. The molecule has 3 amide bonds. The molecule has 0 aliphatic carbocycles. The van der Waals surface area contributed by atoms with E-state index < -0.39 is 0 Å². The van der Waals surface area contributed by atoms with Crippen LogP contribution in [0.15, 0.2) is 48.5 Å². The number of nitrogens with zero attached hydrogens (tertiary/aromatic N) is 1. The first kappa shape index (κ1) is 20.5. The zero-order chi connectivity index (χ0) is 19.8. The summed E-state index contributed by atoms with van der Waals surface area (Å²) in [6.45, 7) is 0.225. The lowest BCUT2D eigenvalue weighted by Gasteiger charge is -2.11. The molecular weight excluding hydrogens is 366 g/mol. The van der Waals surface area contributed by atoms with Crippen LogP contribution >= 0.6 is 11.6 Å². The average Bonchev–Trinajstić information content (AvgIpc) is 2.63. The molecule has 0 aliphatic heterocycles. The van der Waals surface area contributed by atoms with E-state index in [1.807, 2.05) is 0 Å². The molecule has 2 aromatic rings.